The van der Waals surface area contributed by atoms with Crippen molar-refractivity contribution in [1.29, 1.82) is 0 Å². The average molecular weight is 432 g/mol. The molecular formula is C18H19F3N2O3S2. The molecule has 0 heterocycles. The van der Waals surface area contributed by atoms with Gasteiger partial charge in [-0.05, 0) is 36.4 Å². The van der Waals surface area contributed by atoms with Crippen LogP contribution in [0.1, 0.15) is 5.56 Å². The largest absolute Gasteiger partial charge is 0.416 e. The Balaban J connectivity index is 1.95. The molecule has 0 spiro atoms. The van der Waals surface area contributed by atoms with Gasteiger partial charge >= 0.3 is 6.18 Å². The molecule has 0 radical (unpaired) electrons. The minimum absolute atomic E-state index is 0.00990. The highest BCUT2D eigenvalue weighted by atomic mass is 32.2. The van der Waals surface area contributed by atoms with E-state index in [0.717, 1.165) is 39.7 Å². The maximum absolute atomic E-state index is 12.7. The summed E-state index contributed by atoms with van der Waals surface area (Å²) < 4.78 is 62.7. The van der Waals surface area contributed by atoms with Crippen molar-refractivity contribution >= 4 is 33.4 Å². The van der Waals surface area contributed by atoms with E-state index in [2.05, 4.69) is 5.32 Å². The minimum Gasteiger partial charge on any atom is -0.354 e. The first kappa shape index (κ1) is 22.1. The molecular weight excluding hydrogens is 413 g/mol. The van der Waals surface area contributed by atoms with E-state index < -0.39 is 34.2 Å². The summed E-state index contributed by atoms with van der Waals surface area (Å²) in [6.45, 7) is -0.191. The van der Waals surface area contributed by atoms with Crippen LogP contribution in [0.15, 0.2) is 59.5 Å². The Hall–Kier alpha value is -2.20. The summed E-state index contributed by atoms with van der Waals surface area (Å²) in [4.78, 5) is 13.1. The SMILES string of the molecule is CS(=O)(=O)N(CC(=O)NCCSc1ccccc1)c1ccc(C(F)(F)F)cc1. The monoisotopic (exact) mass is 432 g/mol. The molecule has 0 saturated carbocycles. The van der Waals surface area contributed by atoms with E-state index in [4.69, 9.17) is 0 Å². The van der Waals surface area contributed by atoms with E-state index in [9.17, 15) is 26.4 Å². The molecule has 0 saturated heterocycles. The van der Waals surface area contributed by atoms with Crippen molar-refractivity contribution in [2.45, 2.75) is 11.1 Å². The number of nitrogens with zero attached hydrogens (tertiary/aromatic N) is 1. The van der Waals surface area contributed by atoms with E-state index in [1.165, 1.54) is 11.8 Å². The van der Waals surface area contributed by atoms with Crippen molar-refractivity contribution in [3.8, 4) is 0 Å². The number of amides is 1. The summed E-state index contributed by atoms with van der Waals surface area (Å²) in [5, 5.41) is 2.61. The topological polar surface area (TPSA) is 66.5 Å². The van der Waals surface area contributed by atoms with Crippen LogP contribution in [0.5, 0.6) is 0 Å². The van der Waals surface area contributed by atoms with Gasteiger partial charge in [-0.15, -0.1) is 11.8 Å². The summed E-state index contributed by atoms with van der Waals surface area (Å²) in [6, 6.07) is 13.2. The van der Waals surface area contributed by atoms with Crippen LogP contribution < -0.4 is 9.62 Å². The standard InChI is InChI=1S/C18H19F3N2O3S2/c1-28(25,26)23(15-9-7-14(8-10-15)18(19,20)21)13-17(24)22-11-12-27-16-5-3-2-4-6-16/h2-10H,11-13H2,1H3,(H,22,24). The third-order valence-corrected chi connectivity index (χ3v) is 5.76. The first-order chi connectivity index (χ1) is 13.1. The van der Waals surface area contributed by atoms with Crippen molar-refractivity contribution in [2.75, 3.05) is 29.4 Å². The highest BCUT2D eigenvalue weighted by molar-refractivity contribution is 7.99. The number of sulfonamides is 1. The molecule has 2 rings (SSSR count). The normalized spacial score (nSPS) is 11.9. The van der Waals surface area contributed by atoms with Gasteiger partial charge < -0.3 is 5.32 Å². The number of rotatable bonds is 8. The molecule has 0 aliphatic heterocycles. The van der Waals surface area contributed by atoms with E-state index in [1.807, 2.05) is 30.3 Å². The van der Waals surface area contributed by atoms with Crippen LogP contribution in [0, 0.1) is 0 Å². The van der Waals surface area contributed by atoms with Crippen LogP contribution in [0.4, 0.5) is 18.9 Å². The summed E-state index contributed by atoms with van der Waals surface area (Å²) in [7, 11) is -3.85. The molecule has 0 bridgehead atoms. The van der Waals surface area contributed by atoms with Crippen molar-refractivity contribution in [2.24, 2.45) is 0 Å². The fourth-order valence-corrected chi connectivity index (χ4v) is 3.92. The molecule has 10 heteroatoms. The second kappa shape index (κ2) is 9.33. The number of alkyl halides is 3. The summed E-state index contributed by atoms with van der Waals surface area (Å²) >= 11 is 1.53. The van der Waals surface area contributed by atoms with Crippen LogP contribution in [0.2, 0.25) is 0 Å². The number of hydrogen-bond acceptors (Lipinski definition) is 4. The van der Waals surface area contributed by atoms with E-state index in [1.54, 1.807) is 0 Å². The lowest BCUT2D eigenvalue weighted by Gasteiger charge is -2.22. The Bertz CT molecular complexity index is 887. The maximum atomic E-state index is 12.7. The quantitative estimate of drug-likeness (QED) is 0.513. The van der Waals surface area contributed by atoms with Gasteiger partial charge in [-0.2, -0.15) is 13.2 Å². The van der Waals surface area contributed by atoms with Gasteiger partial charge in [-0.3, -0.25) is 9.10 Å². The zero-order chi connectivity index (χ0) is 20.8. The Kier molecular flexibility index (Phi) is 7.36. The number of hydrogen-bond donors (Lipinski definition) is 1. The number of anilines is 1. The number of carbonyl (C=O) groups excluding carboxylic acids is 1. The maximum Gasteiger partial charge on any atom is 0.416 e. The van der Waals surface area contributed by atoms with Gasteiger partial charge in [0.25, 0.3) is 0 Å². The van der Waals surface area contributed by atoms with Crippen LogP contribution in [0.25, 0.3) is 0 Å². The van der Waals surface area contributed by atoms with Gasteiger partial charge in [0.15, 0.2) is 0 Å². The predicted octanol–water partition coefficient (Wildman–Crippen LogP) is 3.38. The number of thioether (sulfide) groups is 1. The third-order valence-electron chi connectivity index (χ3n) is 3.61. The number of carbonyl (C=O) groups is 1. The minimum atomic E-state index is -4.53. The lowest BCUT2D eigenvalue weighted by molar-refractivity contribution is -0.137. The smallest absolute Gasteiger partial charge is 0.354 e. The van der Waals surface area contributed by atoms with Gasteiger partial charge in [0.2, 0.25) is 15.9 Å². The first-order valence-electron chi connectivity index (χ1n) is 8.17. The molecule has 0 atom stereocenters. The zero-order valence-electron chi connectivity index (χ0n) is 14.9. The fourth-order valence-electron chi connectivity index (χ4n) is 2.28. The molecule has 1 amide bonds. The number of nitrogens with one attached hydrogen (secondary N) is 1. The molecule has 28 heavy (non-hydrogen) atoms. The van der Waals surface area contributed by atoms with Crippen LogP contribution in [0.3, 0.4) is 0 Å². The van der Waals surface area contributed by atoms with Gasteiger partial charge in [-0.1, -0.05) is 18.2 Å². The Labute approximate surface area is 166 Å². The van der Waals surface area contributed by atoms with E-state index in [0.29, 0.717) is 12.3 Å². The van der Waals surface area contributed by atoms with Gasteiger partial charge in [-0.25, -0.2) is 8.42 Å². The molecule has 0 aromatic heterocycles. The first-order valence-corrected chi connectivity index (χ1v) is 11.0. The molecule has 152 valence electrons. The van der Waals surface area contributed by atoms with Crippen molar-refractivity contribution in [3.05, 3.63) is 60.2 Å². The summed E-state index contributed by atoms with van der Waals surface area (Å²) in [6.07, 6.45) is -3.63. The van der Waals surface area contributed by atoms with E-state index >= 15 is 0 Å². The second-order valence-electron chi connectivity index (χ2n) is 5.83. The molecule has 0 aliphatic rings. The Morgan fingerprint density at radius 1 is 1.07 bits per heavy atom. The number of halogens is 3. The summed E-state index contributed by atoms with van der Waals surface area (Å²) in [5.41, 5.74) is -0.906. The number of benzene rings is 2. The lowest BCUT2D eigenvalue weighted by atomic mass is 10.2. The van der Waals surface area contributed by atoms with Gasteiger partial charge in [0.05, 0.1) is 17.5 Å². The lowest BCUT2D eigenvalue weighted by Crippen LogP contribution is -2.41. The van der Waals surface area contributed by atoms with Crippen LogP contribution in [-0.4, -0.2) is 39.4 Å². The molecule has 0 fully saturated rings. The fraction of sp³-hybridized carbons (Fsp3) is 0.278. The van der Waals surface area contributed by atoms with Gasteiger partial charge in [0, 0.05) is 17.2 Å². The molecule has 1 N–H and O–H groups in total. The Morgan fingerprint density at radius 2 is 1.68 bits per heavy atom. The zero-order valence-corrected chi connectivity index (χ0v) is 16.6. The highest BCUT2D eigenvalue weighted by Gasteiger charge is 2.30. The molecule has 2 aromatic rings. The average Bonchev–Trinajstić information content (AvgIpc) is 2.63. The Morgan fingerprint density at radius 3 is 2.21 bits per heavy atom. The van der Waals surface area contributed by atoms with Crippen molar-refractivity contribution in [1.82, 2.24) is 5.32 Å². The second-order valence-corrected chi connectivity index (χ2v) is 8.90. The highest BCUT2D eigenvalue weighted by Crippen LogP contribution is 2.30. The van der Waals surface area contributed by atoms with Crippen molar-refractivity contribution in [3.63, 3.8) is 0 Å². The molecule has 2 aromatic carbocycles. The van der Waals surface area contributed by atoms with Crippen molar-refractivity contribution < 1.29 is 26.4 Å². The van der Waals surface area contributed by atoms with Gasteiger partial charge in [0.1, 0.15) is 6.54 Å². The van der Waals surface area contributed by atoms with E-state index in [-0.39, 0.29) is 5.69 Å². The van der Waals surface area contributed by atoms with Crippen LogP contribution >= 0.6 is 11.8 Å². The molecule has 5 nitrogen and oxygen atoms in total. The van der Waals surface area contributed by atoms with Crippen LogP contribution in [-0.2, 0) is 21.0 Å². The summed E-state index contributed by atoms with van der Waals surface area (Å²) in [5.74, 6) is 0.0496. The molecule has 0 aliphatic carbocycles. The predicted molar refractivity (Wildman–Crippen MR) is 104 cm³/mol. The molecule has 0 unspecified atom stereocenters. The third kappa shape index (κ3) is 6.75.